The van der Waals surface area contributed by atoms with E-state index in [0.29, 0.717) is 18.1 Å². The van der Waals surface area contributed by atoms with Gasteiger partial charge < -0.3 is 10.4 Å². The Morgan fingerprint density at radius 3 is 2.53 bits per heavy atom. The maximum absolute atomic E-state index is 8.97. The Morgan fingerprint density at radius 2 is 2.07 bits per heavy atom. The second kappa shape index (κ2) is 4.84. The Balaban J connectivity index is 2.36. The van der Waals surface area contributed by atoms with Gasteiger partial charge in [-0.2, -0.15) is 0 Å². The lowest BCUT2D eigenvalue weighted by molar-refractivity contribution is 0.188. The third-order valence-corrected chi connectivity index (χ3v) is 3.87. The smallest absolute Gasteiger partial charge is 0.0436 e. The van der Waals surface area contributed by atoms with E-state index in [2.05, 4.69) is 33.0 Å². The van der Waals surface area contributed by atoms with Crippen LogP contribution in [0.15, 0.2) is 0 Å². The zero-order valence-corrected chi connectivity index (χ0v) is 10.8. The van der Waals surface area contributed by atoms with Crippen LogP contribution in [0.2, 0.25) is 0 Å². The van der Waals surface area contributed by atoms with Gasteiger partial charge in [-0.05, 0) is 30.1 Å². The Kier molecular flexibility index (Phi) is 4.19. The molecule has 0 aromatic rings. The van der Waals surface area contributed by atoms with E-state index in [1.165, 1.54) is 19.3 Å². The van der Waals surface area contributed by atoms with Gasteiger partial charge in [0.1, 0.15) is 0 Å². The van der Waals surface area contributed by atoms with Crippen molar-refractivity contribution in [2.24, 2.45) is 10.8 Å². The molecule has 0 radical (unpaired) electrons. The second-order valence-electron chi connectivity index (χ2n) is 6.45. The van der Waals surface area contributed by atoms with Crippen LogP contribution >= 0.6 is 0 Å². The molecule has 0 aromatic carbocycles. The molecule has 1 atom stereocenters. The molecule has 1 aliphatic rings. The van der Waals surface area contributed by atoms with Gasteiger partial charge in [0.25, 0.3) is 0 Å². The first-order valence-corrected chi connectivity index (χ1v) is 6.22. The summed E-state index contributed by atoms with van der Waals surface area (Å²) < 4.78 is 0. The number of aliphatic hydroxyl groups is 1. The first-order chi connectivity index (χ1) is 6.87. The standard InChI is InChI=1S/C13H27NO/c1-12(2,8-9-15)10-14-11-6-5-7-13(11,3)4/h11,14-15H,5-10H2,1-4H3. The molecule has 90 valence electrons. The van der Waals surface area contributed by atoms with Crippen LogP contribution in [0.4, 0.5) is 0 Å². The molecule has 0 spiro atoms. The molecule has 1 fully saturated rings. The van der Waals surface area contributed by atoms with Crippen LogP contribution in [-0.4, -0.2) is 24.3 Å². The quantitative estimate of drug-likeness (QED) is 0.735. The van der Waals surface area contributed by atoms with Crippen molar-refractivity contribution in [1.29, 1.82) is 0 Å². The predicted molar refractivity (Wildman–Crippen MR) is 64.9 cm³/mol. The van der Waals surface area contributed by atoms with Gasteiger partial charge >= 0.3 is 0 Å². The SMILES string of the molecule is CC(C)(CCO)CNC1CCCC1(C)C. The van der Waals surface area contributed by atoms with Crippen LogP contribution in [0.5, 0.6) is 0 Å². The zero-order valence-electron chi connectivity index (χ0n) is 10.8. The van der Waals surface area contributed by atoms with Gasteiger partial charge in [0, 0.05) is 19.2 Å². The summed E-state index contributed by atoms with van der Waals surface area (Å²) in [6.07, 6.45) is 4.88. The molecular formula is C13H27NO. The third kappa shape index (κ3) is 3.76. The van der Waals surface area contributed by atoms with Gasteiger partial charge in [0.2, 0.25) is 0 Å². The van der Waals surface area contributed by atoms with E-state index in [-0.39, 0.29) is 5.41 Å². The van der Waals surface area contributed by atoms with Gasteiger partial charge in [-0.1, -0.05) is 34.1 Å². The molecule has 1 aliphatic carbocycles. The number of hydrogen-bond donors (Lipinski definition) is 2. The first-order valence-electron chi connectivity index (χ1n) is 6.22. The highest BCUT2D eigenvalue weighted by Gasteiger charge is 2.34. The predicted octanol–water partition coefficient (Wildman–Crippen LogP) is 2.56. The van der Waals surface area contributed by atoms with E-state index in [4.69, 9.17) is 5.11 Å². The Hall–Kier alpha value is -0.0800. The average molecular weight is 213 g/mol. The van der Waals surface area contributed by atoms with Gasteiger partial charge in [0.15, 0.2) is 0 Å². The summed E-state index contributed by atoms with van der Waals surface area (Å²) in [6, 6.07) is 0.662. The molecule has 0 aliphatic heterocycles. The van der Waals surface area contributed by atoms with Crippen molar-refractivity contribution < 1.29 is 5.11 Å². The Morgan fingerprint density at radius 1 is 1.40 bits per heavy atom. The molecule has 0 saturated heterocycles. The van der Waals surface area contributed by atoms with E-state index < -0.39 is 0 Å². The van der Waals surface area contributed by atoms with Crippen molar-refractivity contribution >= 4 is 0 Å². The molecule has 1 rings (SSSR count). The van der Waals surface area contributed by atoms with Crippen molar-refractivity contribution in [3.05, 3.63) is 0 Å². The minimum Gasteiger partial charge on any atom is -0.396 e. The second-order valence-corrected chi connectivity index (χ2v) is 6.45. The van der Waals surface area contributed by atoms with Gasteiger partial charge in [-0.25, -0.2) is 0 Å². The lowest BCUT2D eigenvalue weighted by Gasteiger charge is -2.32. The van der Waals surface area contributed by atoms with Gasteiger partial charge in [-0.15, -0.1) is 0 Å². The maximum Gasteiger partial charge on any atom is 0.0436 e. The fraction of sp³-hybridized carbons (Fsp3) is 1.00. The molecule has 1 saturated carbocycles. The summed E-state index contributed by atoms with van der Waals surface area (Å²) in [4.78, 5) is 0. The lowest BCUT2D eigenvalue weighted by Crippen LogP contribution is -2.42. The van der Waals surface area contributed by atoms with E-state index >= 15 is 0 Å². The van der Waals surface area contributed by atoms with Gasteiger partial charge in [-0.3, -0.25) is 0 Å². The van der Waals surface area contributed by atoms with E-state index in [0.717, 1.165) is 13.0 Å². The Bertz CT molecular complexity index is 199. The molecule has 1 unspecified atom stereocenters. The third-order valence-electron chi connectivity index (χ3n) is 3.87. The molecular weight excluding hydrogens is 186 g/mol. The summed E-state index contributed by atoms with van der Waals surface area (Å²) in [6.45, 7) is 10.5. The van der Waals surface area contributed by atoms with Crippen LogP contribution < -0.4 is 5.32 Å². The van der Waals surface area contributed by atoms with E-state index in [1.54, 1.807) is 0 Å². The van der Waals surface area contributed by atoms with Crippen molar-refractivity contribution in [1.82, 2.24) is 5.32 Å². The minimum absolute atomic E-state index is 0.216. The average Bonchev–Trinajstić information content (AvgIpc) is 2.41. The summed E-state index contributed by atoms with van der Waals surface area (Å²) in [5, 5.41) is 12.7. The van der Waals surface area contributed by atoms with E-state index in [1.807, 2.05) is 0 Å². The highest BCUT2D eigenvalue weighted by molar-refractivity contribution is 4.91. The Labute approximate surface area is 94.5 Å². The molecule has 2 nitrogen and oxygen atoms in total. The molecule has 2 heteroatoms. The summed E-state index contributed by atoms with van der Waals surface area (Å²) in [5.74, 6) is 0. The summed E-state index contributed by atoms with van der Waals surface area (Å²) in [7, 11) is 0. The zero-order chi connectivity index (χ0) is 11.5. The maximum atomic E-state index is 8.97. The van der Waals surface area contributed by atoms with Crippen LogP contribution in [0.1, 0.15) is 53.4 Å². The minimum atomic E-state index is 0.216. The van der Waals surface area contributed by atoms with Crippen molar-refractivity contribution in [3.8, 4) is 0 Å². The van der Waals surface area contributed by atoms with Crippen LogP contribution in [0.25, 0.3) is 0 Å². The van der Waals surface area contributed by atoms with Crippen molar-refractivity contribution in [2.75, 3.05) is 13.2 Å². The number of rotatable bonds is 5. The molecule has 15 heavy (non-hydrogen) atoms. The van der Waals surface area contributed by atoms with Crippen LogP contribution in [0, 0.1) is 10.8 Å². The monoisotopic (exact) mass is 213 g/mol. The normalized spacial score (nSPS) is 25.8. The fourth-order valence-electron chi connectivity index (χ4n) is 2.50. The van der Waals surface area contributed by atoms with Gasteiger partial charge in [0.05, 0.1) is 0 Å². The molecule has 2 N–H and O–H groups in total. The molecule has 0 amide bonds. The summed E-state index contributed by atoms with van der Waals surface area (Å²) >= 11 is 0. The van der Waals surface area contributed by atoms with Crippen LogP contribution in [0.3, 0.4) is 0 Å². The lowest BCUT2D eigenvalue weighted by atomic mass is 9.85. The largest absolute Gasteiger partial charge is 0.396 e. The molecule has 0 heterocycles. The number of nitrogens with one attached hydrogen (secondary N) is 1. The highest BCUT2D eigenvalue weighted by Crippen LogP contribution is 2.37. The highest BCUT2D eigenvalue weighted by atomic mass is 16.3. The topological polar surface area (TPSA) is 32.3 Å². The first kappa shape index (κ1) is 13.0. The number of hydrogen-bond acceptors (Lipinski definition) is 2. The summed E-state index contributed by atoms with van der Waals surface area (Å²) in [5.41, 5.74) is 0.669. The molecule has 0 aromatic heterocycles. The molecule has 0 bridgehead atoms. The number of aliphatic hydroxyl groups excluding tert-OH is 1. The van der Waals surface area contributed by atoms with Crippen molar-refractivity contribution in [2.45, 2.75) is 59.4 Å². The van der Waals surface area contributed by atoms with E-state index in [9.17, 15) is 0 Å². The van der Waals surface area contributed by atoms with Crippen molar-refractivity contribution in [3.63, 3.8) is 0 Å². The van der Waals surface area contributed by atoms with Crippen LogP contribution in [-0.2, 0) is 0 Å². The fourth-order valence-corrected chi connectivity index (χ4v) is 2.50.